The van der Waals surface area contributed by atoms with Crippen molar-refractivity contribution in [2.24, 2.45) is 0 Å². The molecule has 17 heavy (non-hydrogen) atoms. The summed E-state index contributed by atoms with van der Waals surface area (Å²) in [5.41, 5.74) is 0.566. The summed E-state index contributed by atoms with van der Waals surface area (Å²) in [7, 11) is 1.39. The van der Waals surface area contributed by atoms with Gasteiger partial charge in [-0.15, -0.1) is 11.3 Å². The highest BCUT2D eigenvalue weighted by Gasteiger charge is 2.12. The van der Waals surface area contributed by atoms with Crippen LogP contribution in [0.1, 0.15) is 4.88 Å². The van der Waals surface area contributed by atoms with E-state index >= 15 is 0 Å². The van der Waals surface area contributed by atoms with E-state index in [1.54, 1.807) is 6.07 Å². The first-order valence-corrected chi connectivity index (χ1v) is 5.75. The highest BCUT2D eigenvalue weighted by atomic mass is 35.5. The van der Waals surface area contributed by atoms with Crippen LogP contribution in [0.15, 0.2) is 18.2 Å². The van der Waals surface area contributed by atoms with Crippen molar-refractivity contribution >= 4 is 22.9 Å². The van der Waals surface area contributed by atoms with E-state index in [-0.39, 0.29) is 10.9 Å². The summed E-state index contributed by atoms with van der Waals surface area (Å²) < 4.78 is 18.3. The van der Waals surface area contributed by atoms with Crippen LogP contribution in [0, 0.1) is 17.1 Å². The summed E-state index contributed by atoms with van der Waals surface area (Å²) in [6.45, 7) is 0. The van der Waals surface area contributed by atoms with Crippen molar-refractivity contribution < 1.29 is 9.13 Å². The molecule has 0 saturated heterocycles. The lowest BCUT2D eigenvalue weighted by atomic mass is 10.2. The molecular weight excluding hydrogens is 263 g/mol. The molecule has 3 nitrogen and oxygen atoms in total. The number of hydrogen-bond acceptors (Lipinski definition) is 4. The van der Waals surface area contributed by atoms with Gasteiger partial charge in [0.2, 0.25) is 0 Å². The number of methoxy groups -OCH3 is 1. The Morgan fingerprint density at radius 3 is 2.82 bits per heavy atom. The molecule has 1 aromatic heterocycles. The third kappa shape index (κ3) is 2.23. The minimum Gasteiger partial charge on any atom is -0.494 e. The molecule has 1 aromatic carbocycles. The summed E-state index contributed by atoms with van der Waals surface area (Å²) in [6, 6.07) is 6.40. The van der Waals surface area contributed by atoms with Crippen molar-refractivity contribution in [1.82, 2.24) is 4.98 Å². The van der Waals surface area contributed by atoms with Crippen molar-refractivity contribution in [2.75, 3.05) is 7.11 Å². The summed E-state index contributed by atoms with van der Waals surface area (Å²) >= 11 is 6.87. The maximum absolute atomic E-state index is 13.5. The molecule has 0 unspecified atom stereocenters. The van der Waals surface area contributed by atoms with Gasteiger partial charge in [-0.05, 0) is 18.2 Å². The SMILES string of the molecule is COc1ccc(-c2nc(Cl)c(C#N)s2)cc1F. The van der Waals surface area contributed by atoms with Crippen molar-refractivity contribution in [3.05, 3.63) is 34.0 Å². The third-order valence-electron chi connectivity index (χ3n) is 2.09. The summed E-state index contributed by atoms with van der Waals surface area (Å²) in [5.74, 6) is -0.313. The minimum atomic E-state index is -0.477. The van der Waals surface area contributed by atoms with Crippen LogP contribution in [0.3, 0.4) is 0 Å². The molecule has 1 heterocycles. The van der Waals surface area contributed by atoms with E-state index < -0.39 is 5.82 Å². The second kappa shape index (κ2) is 4.70. The lowest BCUT2D eigenvalue weighted by Gasteiger charge is -2.02. The number of aromatic nitrogens is 1. The molecule has 0 atom stereocenters. The van der Waals surface area contributed by atoms with Gasteiger partial charge in [0.1, 0.15) is 16.0 Å². The summed E-state index contributed by atoms with van der Waals surface area (Å²) in [5, 5.41) is 9.41. The number of hydrogen-bond donors (Lipinski definition) is 0. The molecule has 2 rings (SSSR count). The van der Waals surface area contributed by atoms with Crippen LogP contribution in [0.25, 0.3) is 10.6 Å². The zero-order chi connectivity index (χ0) is 12.4. The van der Waals surface area contributed by atoms with E-state index in [1.807, 2.05) is 6.07 Å². The van der Waals surface area contributed by atoms with Crippen LogP contribution in [0.4, 0.5) is 4.39 Å². The van der Waals surface area contributed by atoms with E-state index in [9.17, 15) is 4.39 Å². The molecule has 0 spiro atoms. The molecule has 0 radical (unpaired) electrons. The third-order valence-corrected chi connectivity index (χ3v) is 3.48. The highest BCUT2D eigenvalue weighted by Crippen LogP contribution is 2.32. The second-order valence-corrected chi connectivity index (χ2v) is 4.46. The molecule has 6 heteroatoms. The van der Waals surface area contributed by atoms with Crippen molar-refractivity contribution in [3.8, 4) is 22.4 Å². The lowest BCUT2D eigenvalue weighted by molar-refractivity contribution is 0.386. The van der Waals surface area contributed by atoms with Gasteiger partial charge in [0, 0.05) is 5.56 Å². The van der Waals surface area contributed by atoms with Gasteiger partial charge in [0.05, 0.1) is 7.11 Å². The first-order valence-electron chi connectivity index (χ1n) is 4.56. The Labute approximate surface area is 106 Å². The number of halogens is 2. The van der Waals surface area contributed by atoms with E-state index in [1.165, 1.54) is 19.2 Å². The normalized spacial score (nSPS) is 10.0. The van der Waals surface area contributed by atoms with Gasteiger partial charge in [0.15, 0.2) is 16.7 Å². The molecule has 0 aliphatic heterocycles. The maximum atomic E-state index is 13.5. The fourth-order valence-corrected chi connectivity index (χ4v) is 2.34. The van der Waals surface area contributed by atoms with E-state index in [2.05, 4.69) is 4.98 Å². The predicted molar refractivity (Wildman–Crippen MR) is 63.8 cm³/mol. The second-order valence-electron chi connectivity index (χ2n) is 3.10. The van der Waals surface area contributed by atoms with Gasteiger partial charge in [-0.3, -0.25) is 0 Å². The van der Waals surface area contributed by atoms with Gasteiger partial charge in [-0.1, -0.05) is 11.6 Å². The van der Waals surface area contributed by atoms with Crippen LogP contribution in [0.2, 0.25) is 5.15 Å². The Morgan fingerprint density at radius 2 is 2.29 bits per heavy atom. The first kappa shape index (κ1) is 11.8. The Morgan fingerprint density at radius 1 is 1.53 bits per heavy atom. The van der Waals surface area contributed by atoms with Gasteiger partial charge >= 0.3 is 0 Å². The lowest BCUT2D eigenvalue weighted by Crippen LogP contribution is -1.88. The predicted octanol–water partition coefficient (Wildman–Crippen LogP) is 3.48. The Hall–Kier alpha value is -1.64. The van der Waals surface area contributed by atoms with Crippen LogP contribution in [-0.2, 0) is 0 Å². The molecule has 0 fully saturated rings. The van der Waals surface area contributed by atoms with E-state index in [0.717, 1.165) is 11.3 Å². The quantitative estimate of drug-likeness (QED) is 0.838. The molecule has 0 aliphatic carbocycles. The standard InChI is InChI=1S/C11H6ClFN2OS/c1-16-8-3-2-6(4-7(8)13)11-15-10(12)9(5-14)17-11/h2-4H,1H3. The van der Waals surface area contributed by atoms with Crippen molar-refractivity contribution in [1.29, 1.82) is 5.26 Å². The molecule has 0 N–H and O–H groups in total. The van der Waals surface area contributed by atoms with Crippen LogP contribution in [0.5, 0.6) is 5.75 Å². The fourth-order valence-electron chi connectivity index (χ4n) is 1.29. The number of rotatable bonds is 2. The number of nitrogens with zero attached hydrogens (tertiary/aromatic N) is 2. The van der Waals surface area contributed by atoms with Crippen molar-refractivity contribution in [2.45, 2.75) is 0 Å². The minimum absolute atomic E-state index is 0.142. The molecular formula is C11H6ClFN2OS. The van der Waals surface area contributed by atoms with Crippen molar-refractivity contribution in [3.63, 3.8) is 0 Å². The van der Waals surface area contributed by atoms with E-state index in [0.29, 0.717) is 15.4 Å². The average Bonchev–Trinajstić information content (AvgIpc) is 2.70. The zero-order valence-electron chi connectivity index (χ0n) is 8.70. The maximum Gasteiger partial charge on any atom is 0.165 e. The highest BCUT2D eigenvalue weighted by molar-refractivity contribution is 7.16. The fraction of sp³-hybridized carbons (Fsp3) is 0.0909. The van der Waals surface area contributed by atoms with Gasteiger partial charge in [-0.2, -0.15) is 5.26 Å². The number of ether oxygens (including phenoxy) is 1. The number of benzene rings is 1. The van der Waals surface area contributed by atoms with Crippen LogP contribution in [-0.4, -0.2) is 12.1 Å². The monoisotopic (exact) mass is 268 g/mol. The Kier molecular flexibility index (Phi) is 3.27. The Balaban J connectivity index is 2.47. The summed E-state index contributed by atoms with van der Waals surface area (Å²) in [6.07, 6.45) is 0. The topological polar surface area (TPSA) is 45.9 Å². The van der Waals surface area contributed by atoms with Gasteiger partial charge in [-0.25, -0.2) is 9.37 Å². The Bertz CT molecular complexity index is 606. The zero-order valence-corrected chi connectivity index (χ0v) is 10.3. The number of nitriles is 1. The van der Waals surface area contributed by atoms with Gasteiger partial charge in [0.25, 0.3) is 0 Å². The average molecular weight is 269 g/mol. The molecule has 0 bridgehead atoms. The smallest absolute Gasteiger partial charge is 0.165 e. The van der Waals surface area contributed by atoms with E-state index in [4.69, 9.17) is 21.6 Å². The van der Waals surface area contributed by atoms with Gasteiger partial charge < -0.3 is 4.74 Å². The van der Waals surface area contributed by atoms with Crippen LogP contribution < -0.4 is 4.74 Å². The van der Waals surface area contributed by atoms with Crippen LogP contribution >= 0.6 is 22.9 Å². The molecule has 2 aromatic rings. The first-order chi connectivity index (χ1) is 8.15. The molecule has 0 saturated carbocycles. The molecule has 0 aliphatic rings. The molecule has 86 valence electrons. The molecule has 0 amide bonds. The summed E-state index contributed by atoms with van der Waals surface area (Å²) in [4.78, 5) is 4.32. The number of thiazole rings is 1. The largest absolute Gasteiger partial charge is 0.494 e.